The van der Waals surface area contributed by atoms with E-state index in [1.165, 1.54) is 14.2 Å². The number of hydrogen-bond donors (Lipinski definition) is 0. The van der Waals surface area contributed by atoms with Gasteiger partial charge in [0, 0.05) is 12.5 Å². The van der Waals surface area contributed by atoms with Crippen LogP contribution in [-0.4, -0.2) is 20.5 Å². The lowest BCUT2D eigenvalue weighted by Crippen LogP contribution is -1.98. The van der Waals surface area contributed by atoms with Gasteiger partial charge in [-0.3, -0.25) is 0 Å². The second-order valence-corrected chi connectivity index (χ2v) is 3.19. The maximum atomic E-state index is 10.3. The Morgan fingerprint density at radius 3 is 2.62 bits per heavy atom. The molecule has 0 fully saturated rings. The van der Waals surface area contributed by atoms with Gasteiger partial charge in [0.2, 0.25) is 0 Å². The second-order valence-electron chi connectivity index (χ2n) is 3.19. The van der Waals surface area contributed by atoms with Gasteiger partial charge in [-0.25, -0.2) is 0 Å². The van der Waals surface area contributed by atoms with Gasteiger partial charge in [-0.15, -0.1) is 0 Å². The molecule has 16 heavy (non-hydrogen) atoms. The van der Waals surface area contributed by atoms with E-state index in [2.05, 4.69) is 0 Å². The molecule has 0 aliphatic carbocycles. The Balaban J connectivity index is 3.20. The Morgan fingerprint density at radius 1 is 1.38 bits per heavy atom. The van der Waals surface area contributed by atoms with Crippen molar-refractivity contribution in [3.05, 3.63) is 23.3 Å². The van der Waals surface area contributed by atoms with E-state index in [1.54, 1.807) is 12.1 Å². The van der Waals surface area contributed by atoms with Gasteiger partial charge < -0.3 is 14.3 Å². The van der Waals surface area contributed by atoms with Crippen LogP contribution in [0.1, 0.15) is 17.5 Å². The first-order valence-electron chi connectivity index (χ1n) is 4.85. The van der Waals surface area contributed by atoms with Gasteiger partial charge in [0.25, 0.3) is 0 Å². The van der Waals surface area contributed by atoms with Crippen molar-refractivity contribution in [1.82, 2.24) is 0 Å². The quantitative estimate of drug-likeness (QED) is 0.707. The van der Waals surface area contributed by atoms with Crippen LogP contribution in [0.2, 0.25) is 0 Å². The number of rotatable bonds is 5. The van der Waals surface area contributed by atoms with E-state index in [0.717, 1.165) is 11.8 Å². The van der Waals surface area contributed by atoms with Gasteiger partial charge in [0.15, 0.2) is 11.5 Å². The van der Waals surface area contributed by atoms with E-state index >= 15 is 0 Å². The van der Waals surface area contributed by atoms with Gasteiger partial charge in [-0.05, 0) is 18.1 Å². The van der Waals surface area contributed by atoms with Crippen molar-refractivity contribution in [2.24, 2.45) is 0 Å². The molecule has 0 saturated carbocycles. The van der Waals surface area contributed by atoms with Crippen LogP contribution in [0, 0.1) is 11.3 Å². The van der Waals surface area contributed by atoms with E-state index in [0.29, 0.717) is 29.9 Å². The molecule has 0 amide bonds. The fraction of sp³-hybridized carbons (Fsp3) is 0.333. The zero-order valence-corrected chi connectivity index (χ0v) is 9.32. The molecule has 0 atom stereocenters. The number of methoxy groups -OCH3 is 2. The van der Waals surface area contributed by atoms with Crippen LogP contribution in [-0.2, 0) is 11.2 Å². The number of carbonyl (C=O) groups is 1. The average molecular weight is 219 g/mol. The number of nitriles is 1. The molecular formula is C12H13NO3. The molecule has 4 heteroatoms. The molecule has 0 unspecified atom stereocenters. The molecule has 0 radical (unpaired) electrons. The number of aldehydes is 1. The van der Waals surface area contributed by atoms with Crippen LogP contribution in [0.25, 0.3) is 0 Å². The van der Waals surface area contributed by atoms with Crippen molar-refractivity contribution in [2.75, 3.05) is 14.2 Å². The van der Waals surface area contributed by atoms with Crippen LogP contribution in [0.5, 0.6) is 11.5 Å². The number of benzene rings is 1. The molecule has 0 aliphatic heterocycles. The van der Waals surface area contributed by atoms with E-state index < -0.39 is 0 Å². The van der Waals surface area contributed by atoms with Gasteiger partial charge in [0.05, 0.1) is 25.9 Å². The Hall–Kier alpha value is -2.02. The molecule has 0 aliphatic rings. The van der Waals surface area contributed by atoms with Crippen LogP contribution in [0.15, 0.2) is 12.1 Å². The largest absolute Gasteiger partial charge is 0.493 e. The van der Waals surface area contributed by atoms with Gasteiger partial charge in [0.1, 0.15) is 6.29 Å². The summed E-state index contributed by atoms with van der Waals surface area (Å²) in [5.41, 5.74) is 1.31. The second kappa shape index (κ2) is 5.76. The molecule has 1 aromatic rings. The molecule has 4 nitrogen and oxygen atoms in total. The smallest absolute Gasteiger partial charge is 0.163 e. The number of aryl methyl sites for hydroxylation is 1. The van der Waals surface area contributed by atoms with Crippen molar-refractivity contribution >= 4 is 6.29 Å². The summed E-state index contributed by atoms with van der Waals surface area (Å²) in [6, 6.07) is 5.37. The maximum absolute atomic E-state index is 10.3. The number of ether oxygens (including phenoxy) is 2. The third-order valence-electron chi connectivity index (χ3n) is 2.22. The normalized spacial score (nSPS) is 9.31. The maximum Gasteiger partial charge on any atom is 0.163 e. The van der Waals surface area contributed by atoms with Crippen LogP contribution < -0.4 is 9.47 Å². The topological polar surface area (TPSA) is 59.3 Å². The number of hydrogen-bond acceptors (Lipinski definition) is 4. The molecule has 1 aromatic carbocycles. The highest BCUT2D eigenvalue weighted by Gasteiger charge is 2.11. The van der Waals surface area contributed by atoms with Crippen molar-refractivity contribution in [3.63, 3.8) is 0 Å². The number of carbonyl (C=O) groups excluding carboxylic acids is 1. The average Bonchev–Trinajstić information content (AvgIpc) is 2.34. The molecule has 1 rings (SSSR count). The summed E-state index contributed by atoms with van der Waals surface area (Å²) in [5.74, 6) is 1.10. The Morgan fingerprint density at radius 2 is 2.12 bits per heavy atom. The molecule has 0 aromatic heterocycles. The van der Waals surface area contributed by atoms with Crippen molar-refractivity contribution in [2.45, 2.75) is 12.8 Å². The summed E-state index contributed by atoms with van der Waals surface area (Å²) in [6.07, 6.45) is 1.78. The lowest BCUT2D eigenvalue weighted by Gasteiger charge is -2.12. The summed E-state index contributed by atoms with van der Waals surface area (Å²) in [4.78, 5) is 10.3. The molecule has 0 heterocycles. The summed E-state index contributed by atoms with van der Waals surface area (Å²) >= 11 is 0. The van der Waals surface area contributed by atoms with Crippen LogP contribution >= 0.6 is 0 Å². The lowest BCUT2D eigenvalue weighted by atomic mass is 10.0. The van der Waals surface area contributed by atoms with Gasteiger partial charge >= 0.3 is 0 Å². The molecule has 0 N–H and O–H groups in total. The van der Waals surface area contributed by atoms with Gasteiger partial charge in [-0.1, -0.05) is 0 Å². The first kappa shape index (κ1) is 12.1. The fourth-order valence-electron chi connectivity index (χ4n) is 1.51. The van der Waals surface area contributed by atoms with E-state index in [4.69, 9.17) is 14.7 Å². The summed E-state index contributed by atoms with van der Waals surface area (Å²) in [5, 5.41) is 8.86. The molecule has 84 valence electrons. The standard InChI is InChI=1S/C12H13NO3/c1-15-11-7-9(8-13)6-10(4-3-5-14)12(11)16-2/h5-7H,3-4H2,1-2H3. The monoisotopic (exact) mass is 219 g/mol. The highest BCUT2D eigenvalue weighted by Crippen LogP contribution is 2.33. The molecular weight excluding hydrogens is 206 g/mol. The van der Waals surface area contributed by atoms with Crippen LogP contribution in [0.4, 0.5) is 0 Å². The number of nitrogens with zero attached hydrogens (tertiary/aromatic N) is 1. The van der Waals surface area contributed by atoms with Crippen molar-refractivity contribution in [1.29, 1.82) is 5.26 Å². The minimum Gasteiger partial charge on any atom is -0.493 e. The third-order valence-corrected chi connectivity index (χ3v) is 2.22. The summed E-state index contributed by atoms with van der Waals surface area (Å²) in [6.45, 7) is 0. The Bertz CT molecular complexity index is 421. The predicted molar refractivity (Wildman–Crippen MR) is 58.6 cm³/mol. The van der Waals surface area contributed by atoms with E-state index in [-0.39, 0.29) is 0 Å². The zero-order chi connectivity index (χ0) is 12.0. The van der Waals surface area contributed by atoms with Gasteiger partial charge in [-0.2, -0.15) is 5.26 Å². The molecule has 0 saturated heterocycles. The minimum absolute atomic E-state index is 0.397. The zero-order valence-electron chi connectivity index (χ0n) is 9.32. The van der Waals surface area contributed by atoms with Crippen molar-refractivity contribution < 1.29 is 14.3 Å². The minimum atomic E-state index is 0.397. The molecule has 0 bridgehead atoms. The highest BCUT2D eigenvalue weighted by atomic mass is 16.5. The lowest BCUT2D eigenvalue weighted by molar-refractivity contribution is -0.107. The predicted octanol–water partition coefficient (Wildman–Crippen LogP) is 1.71. The van der Waals surface area contributed by atoms with Crippen molar-refractivity contribution in [3.8, 4) is 17.6 Å². The summed E-state index contributed by atoms with van der Waals surface area (Å²) in [7, 11) is 3.05. The Labute approximate surface area is 94.4 Å². The third kappa shape index (κ3) is 2.51. The summed E-state index contributed by atoms with van der Waals surface area (Å²) < 4.78 is 10.3. The highest BCUT2D eigenvalue weighted by molar-refractivity contribution is 5.55. The molecule has 0 spiro atoms. The first-order valence-corrected chi connectivity index (χ1v) is 4.85. The Kier molecular flexibility index (Phi) is 4.34. The first-order chi connectivity index (χ1) is 7.76. The fourth-order valence-corrected chi connectivity index (χ4v) is 1.51. The van der Waals surface area contributed by atoms with E-state index in [9.17, 15) is 4.79 Å². The SMILES string of the molecule is COc1cc(C#N)cc(CCC=O)c1OC. The van der Waals surface area contributed by atoms with Crippen LogP contribution in [0.3, 0.4) is 0 Å². The van der Waals surface area contributed by atoms with E-state index in [1.807, 2.05) is 6.07 Å².